The maximum atomic E-state index is 8.88. The van der Waals surface area contributed by atoms with E-state index in [0.717, 1.165) is 0 Å². The maximum Gasteiger partial charge on any atom is 0.466 e. The third-order valence-corrected chi connectivity index (χ3v) is 0. The summed E-state index contributed by atoms with van der Waals surface area (Å²) in [6.45, 7) is 0. The molecule has 0 aliphatic rings. The second kappa shape index (κ2) is 4.82. The van der Waals surface area contributed by atoms with E-state index in [9.17, 15) is 0 Å². The van der Waals surface area contributed by atoms with E-state index in [1.807, 2.05) is 0 Å². The minimum atomic E-state index is -4.64. The first-order valence-corrected chi connectivity index (χ1v) is 2.35. The zero-order chi connectivity index (χ0) is 4.50. The Balaban J connectivity index is -0.0000000800. The Morgan fingerprint density at radius 1 is 1.14 bits per heavy atom. The van der Waals surface area contributed by atoms with Gasteiger partial charge in [-0.25, -0.2) is 4.57 Å². The quantitative estimate of drug-likeness (QED) is 0.252. The van der Waals surface area contributed by atoms with Crippen LogP contribution >= 0.6 is 7.82 Å². The predicted molar refractivity (Wildman–Crippen MR) is 23.6 cm³/mol. The smallest absolute Gasteiger partial charge is 0.412 e. The molecule has 0 aromatic carbocycles. The van der Waals surface area contributed by atoms with Crippen molar-refractivity contribution in [2.24, 2.45) is 0 Å². The number of phosphoric acid groups is 1. The Morgan fingerprint density at radius 2 is 1.14 bits per heavy atom. The van der Waals surface area contributed by atoms with Gasteiger partial charge in [-0.2, -0.15) is 0 Å². The average Bonchev–Trinajstić information content (AvgIpc) is 0.722. The summed E-state index contributed by atoms with van der Waals surface area (Å²) >= 11 is 0. The van der Waals surface area contributed by atoms with E-state index >= 15 is 0 Å². The maximum absolute atomic E-state index is 8.88. The van der Waals surface area contributed by atoms with Crippen molar-refractivity contribution in [1.82, 2.24) is 0 Å². The fourth-order valence-corrected chi connectivity index (χ4v) is 0. The van der Waals surface area contributed by atoms with Crippen molar-refractivity contribution in [2.75, 3.05) is 0 Å². The molecule has 0 bridgehead atoms. The molecule has 5 N–H and O–H groups in total. The molecular weight excluding hydrogens is 118 g/mol. The van der Waals surface area contributed by atoms with Crippen LogP contribution in [0.15, 0.2) is 0 Å². The van der Waals surface area contributed by atoms with Gasteiger partial charge in [-0.15, -0.1) is 0 Å². The van der Waals surface area contributed by atoms with Crippen LogP contribution in [0.4, 0.5) is 0 Å². The van der Waals surface area contributed by atoms with Gasteiger partial charge in [0.2, 0.25) is 0 Å². The molecule has 0 aromatic rings. The Labute approximate surface area is 52.1 Å². The first kappa shape index (κ1) is 15.6. The minimum absolute atomic E-state index is 0. The average molecular weight is 123 g/mol. The number of hydrogen-bond acceptors (Lipinski definition) is 1. The van der Waals surface area contributed by atoms with Crippen molar-refractivity contribution in [3.63, 3.8) is 0 Å². The van der Waals surface area contributed by atoms with Gasteiger partial charge in [0, 0.05) is 18.9 Å². The van der Waals surface area contributed by atoms with Crippen molar-refractivity contribution in [2.45, 2.75) is 0 Å². The van der Waals surface area contributed by atoms with Gasteiger partial charge in [0.25, 0.3) is 0 Å². The summed E-state index contributed by atoms with van der Waals surface area (Å²) < 4.78 is 8.88. The zero-order valence-electron chi connectivity index (χ0n) is 3.70. The number of hydrogen-bond donors (Lipinski definition) is 3. The molecule has 5 nitrogen and oxygen atoms in total. The van der Waals surface area contributed by atoms with Crippen molar-refractivity contribution in [3.05, 3.63) is 0 Å². The Hall–Kier alpha value is 0.667. The monoisotopic (exact) mass is 123 g/mol. The fraction of sp³-hybridized carbons (Fsp3) is 0. The zero-order valence-corrected chi connectivity index (χ0v) is 4.59. The number of rotatable bonds is 0. The van der Waals surface area contributed by atoms with E-state index in [-0.39, 0.29) is 24.3 Å². The molecule has 1 radical (unpaired) electrons. The molecule has 0 saturated carbocycles. The van der Waals surface area contributed by atoms with E-state index in [2.05, 4.69) is 0 Å². The van der Waals surface area contributed by atoms with Gasteiger partial charge >= 0.3 is 7.82 Å². The third-order valence-electron chi connectivity index (χ3n) is 0. The standard InChI is InChI=1S/Li.H3O4P.H2O/c;1-5(2,3)4;/h;(H3,1,2,3,4);1H2. The van der Waals surface area contributed by atoms with Crippen molar-refractivity contribution in [3.8, 4) is 0 Å². The van der Waals surface area contributed by atoms with Gasteiger partial charge in [-0.1, -0.05) is 0 Å². The van der Waals surface area contributed by atoms with Crippen LogP contribution in [-0.4, -0.2) is 39.0 Å². The fourth-order valence-electron chi connectivity index (χ4n) is 0. The summed E-state index contributed by atoms with van der Waals surface area (Å²) in [6.07, 6.45) is 0. The molecule has 0 aliphatic heterocycles. The van der Waals surface area contributed by atoms with Crippen molar-refractivity contribution < 1.29 is 24.7 Å². The Morgan fingerprint density at radius 3 is 1.14 bits per heavy atom. The van der Waals surface area contributed by atoms with E-state index in [0.29, 0.717) is 0 Å². The van der Waals surface area contributed by atoms with Gasteiger partial charge < -0.3 is 20.2 Å². The molecule has 41 valence electrons. The predicted octanol–water partition coefficient (Wildman–Crippen LogP) is -2.13. The Bertz CT molecular complexity index is 54.2. The molecule has 0 spiro atoms. The van der Waals surface area contributed by atoms with E-state index < -0.39 is 7.82 Å². The molecule has 0 fully saturated rings. The van der Waals surface area contributed by atoms with Crippen LogP contribution in [0.3, 0.4) is 0 Å². The van der Waals surface area contributed by atoms with Crippen LogP contribution in [0.5, 0.6) is 0 Å². The third kappa shape index (κ3) is 326. The molecule has 0 aromatic heterocycles. The normalized spacial score (nSPS) is 8.43. The molecule has 0 atom stereocenters. The molecule has 7 heavy (non-hydrogen) atoms. The topological polar surface area (TPSA) is 109 Å². The summed E-state index contributed by atoms with van der Waals surface area (Å²) in [7, 11) is -4.64. The molecule has 0 unspecified atom stereocenters. The van der Waals surface area contributed by atoms with Gasteiger partial charge in [-0.3, -0.25) is 0 Å². The van der Waals surface area contributed by atoms with Crippen LogP contribution in [-0.2, 0) is 4.57 Å². The molecule has 0 heterocycles. The van der Waals surface area contributed by atoms with Crippen molar-refractivity contribution >= 4 is 26.7 Å². The summed E-state index contributed by atoms with van der Waals surface area (Å²) in [4.78, 5) is 21.6. The molecule has 0 saturated heterocycles. The minimum Gasteiger partial charge on any atom is -0.412 e. The van der Waals surface area contributed by atoms with Gasteiger partial charge in [0.15, 0.2) is 0 Å². The first-order chi connectivity index (χ1) is 2.00. The van der Waals surface area contributed by atoms with Crippen LogP contribution < -0.4 is 0 Å². The molecule has 7 heteroatoms. The molecule has 0 aliphatic carbocycles. The summed E-state index contributed by atoms with van der Waals surface area (Å²) in [6, 6.07) is 0. The van der Waals surface area contributed by atoms with Crippen LogP contribution in [0.1, 0.15) is 0 Å². The van der Waals surface area contributed by atoms with Crippen LogP contribution in [0, 0.1) is 0 Å². The second-order valence-electron chi connectivity index (χ2n) is 0.513. The van der Waals surface area contributed by atoms with E-state index in [1.165, 1.54) is 0 Å². The largest absolute Gasteiger partial charge is 0.466 e. The van der Waals surface area contributed by atoms with Gasteiger partial charge in [0.1, 0.15) is 0 Å². The summed E-state index contributed by atoms with van der Waals surface area (Å²) in [5.41, 5.74) is 0. The Kier molecular flexibility index (Phi) is 10.8. The SMILES string of the molecule is O.O=P(O)(O)O.[Li]. The second-order valence-corrected chi connectivity index (χ2v) is 1.54. The van der Waals surface area contributed by atoms with E-state index in [4.69, 9.17) is 19.2 Å². The van der Waals surface area contributed by atoms with E-state index in [1.54, 1.807) is 0 Å². The van der Waals surface area contributed by atoms with Crippen LogP contribution in [0.25, 0.3) is 0 Å². The molecule has 0 amide bonds. The van der Waals surface area contributed by atoms with Crippen molar-refractivity contribution in [1.29, 1.82) is 0 Å². The molecule has 0 rings (SSSR count). The first-order valence-electron chi connectivity index (χ1n) is 0.783. The van der Waals surface area contributed by atoms with Gasteiger partial charge in [0.05, 0.1) is 0 Å². The molecular formula is H5LiO5P. The summed E-state index contributed by atoms with van der Waals surface area (Å²) in [5.74, 6) is 0. The van der Waals surface area contributed by atoms with Crippen LogP contribution in [0.2, 0.25) is 0 Å². The van der Waals surface area contributed by atoms with Gasteiger partial charge in [-0.05, 0) is 0 Å². The summed E-state index contributed by atoms with van der Waals surface area (Å²) in [5, 5.41) is 0.